The highest BCUT2D eigenvalue weighted by Crippen LogP contribution is 2.68. The van der Waals surface area contributed by atoms with Crippen LogP contribution in [0.25, 0.3) is 0 Å². The standard InChI is InChI=1S/C27H46O/c1-19(2)9-8-10-20(3)27(28)18-15-24-22-13-12-21-11-6-7-16-25(21,4)23(22)14-17-26(24,27)5/h12,19-20,22-24,28H,6-11,13-18H2,1-5H3/t20?,22-,23+,24+,25+,26+,27+/m1/s1. The maximum Gasteiger partial charge on any atom is 0.0729 e. The molecule has 7 atom stereocenters. The molecule has 0 aromatic heterocycles. The van der Waals surface area contributed by atoms with Gasteiger partial charge < -0.3 is 5.11 Å². The van der Waals surface area contributed by atoms with E-state index >= 15 is 0 Å². The summed E-state index contributed by atoms with van der Waals surface area (Å²) < 4.78 is 0. The van der Waals surface area contributed by atoms with E-state index < -0.39 is 5.60 Å². The van der Waals surface area contributed by atoms with Crippen molar-refractivity contribution < 1.29 is 5.11 Å². The Balaban J connectivity index is 1.54. The van der Waals surface area contributed by atoms with Crippen LogP contribution in [0.1, 0.15) is 112 Å². The molecule has 1 unspecified atom stereocenters. The molecule has 0 heterocycles. The monoisotopic (exact) mass is 386 g/mol. The minimum atomic E-state index is -0.433. The first-order valence-corrected chi connectivity index (χ1v) is 12.6. The van der Waals surface area contributed by atoms with E-state index in [1.807, 2.05) is 0 Å². The van der Waals surface area contributed by atoms with Crippen LogP contribution >= 0.6 is 0 Å². The van der Waals surface area contributed by atoms with Crippen LogP contribution in [0.5, 0.6) is 0 Å². The maximum atomic E-state index is 12.1. The molecule has 4 aliphatic rings. The molecule has 4 rings (SSSR count). The Kier molecular flexibility index (Phi) is 5.56. The molecule has 4 aliphatic carbocycles. The zero-order valence-corrected chi connectivity index (χ0v) is 19.4. The van der Waals surface area contributed by atoms with Crippen LogP contribution in [0.3, 0.4) is 0 Å². The van der Waals surface area contributed by atoms with Crippen molar-refractivity contribution >= 4 is 0 Å². The number of aliphatic hydroxyl groups is 1. The molecule has 1 nitrogen and oxygen atoms in total. The average molecular weight is 387 g/mol. The molecule has 0 amide bonds. The van der Waals surface area contributed by atoms with Crippen molar-refractivity contribution in [1.29, 1.82) is 0 Å². The lowest BCUT2D eigenvalue weighted by molar-refractivity contribution is -0.149. The third-order valence-electron chi connectivity index (χ3n) is 10.5. The Morgan fingerprint density at radius 3 is 2.50 bits per heavy atom. The van der Waals surface area contributed by atoms with Crippen LogP contribution in [0.15, 0.2) is 11.6 Å². The first-order chi connectivity index (χ1) is 13.2. The molecule has 0 aromatic carbocycles. The maximum absolute atomic E-state index is 12.1. The van der Waals surface area contributed by atoms with Gasteiger partial charge in [-0.05, 0) is 98.2 Å². The van der Waals surface area contributed by atoms with E-state index in [1.54, 1.807) is 5.57 Å². The highest BCUT2D eigenvalue weighted by molar-refractivity contribution is 5.25. The fourth-order valence-corrected chi connectivity index (χ4v) is 8.63. The van der Waals surface area contributed by atoms with Gasteiger partial charge in [0.2, 0.25) is 0 Å². The lowest BCUT2D eigenvalue weighted by Gasteiger charge is -2.59. The molecular weight excluding hydrogens is 340 g/mol. The summed E-state index contributed by atoms with van der Waals surface area (Å²) in [6.07, 6.45) is 18.3. The molecule has 0 saturated heterocycles. The van der Waals surface area contributed by atoms with Gasteiger partial charge in [-0.15, -0.1) is 0 Å². The summed E-state index contributed by atoms with van der Waals surface area (Å²) in [5.74, 6) is 3.66. The second-order valence-electron chi connectivity index (χ2n) is 12.1. The van der Waals surface area contributed by atoms with E-state index in [0.29, 0.717) is 11.3 Å². The number of rotatable bonds is 5. The topological polar surface area (TPSA) is 20.2 Å². The van der Waals surface area contributed by atoms with Crippen LogP contribution in [0.2, 0.25) is 0 Å². The van der Waals surface area contributed by atoms with Crippen molar-refractivity contribution in [3.63, 3.8) is 0 Å². The van der Waals surface area contributed by atoms with E-state index in [-0.39, 0.29) is 5.41 Å². The van der Waals surface area contributed by atoms with Gasteiger partial charge in [0.05, 0.1) is 5.60 Å². The van der Waals surface area contributed by atoms with Crippen molar-refractivity contribution in [2.75, 3.05) is 0 Å². The van der Waals surface area contributed by atoms with Gasteiger partial charge in [-0.3, -0.25) is 0 Å². The Bertz CT molecular complexity index is 605. The predicted octanol–water partition coefficient (Wildman–Crippen LogP) is 7.53. The summed E-state index contributed by atoms with van der Waals surface area (Å²) in [5, 5.41) is 12.1. The molecule has 28 heavy (non-hydrogen) atoms. The summed E-state index contributed by atoms with van der Waals surface area (Å²) >= 11 is 0. The highest BCUT2D eigenvalue weighted by atomic mass is 16.3. The van der Waals surface area contributed by atoms with Crippen LogP contribution < -0.4 is 0 Å². The summed E-state index contributed by atoms with van der Waals surface area (Å²) in [6.45, 7) is 12.1. The van der Waals surface area contributed by atoms with Crippen molar-refractivity contribution in [2.24, 2.45) is 40.4 Å². The van der Waals surface area contributed by atoms with Gasteiger partial charge in [0.15, 0.2) is 0 Å². The molecule has 0 aliphatic heterocycles. The summed E-state index contributed by atoms with van der Waals surface area (Å²) in [7, 11) is 0. The minimum absolute atomic E-state index is 0.141. The Morgan fingerprint density at radius 2 is 1.75 bits per heavy atom. The molecule has 3 saturated carbocycles. The van der Waals surface area contributed by atoms with Crippen molar-refractivity contribution in [3.8, 4) is 0 Å². The zero-order chi connectivity index (χ0) is 20.2. The molecule has 1 N–H and O–H groups in total. The molecule has 0 radical (unpaired) electrons. The smallest absolute Gasteiger partial charge is 0.0729 e. The van der Waals surface area contributed by atoms with Gasteiger partial charge in [0.25, 0.3) is 0 Å². The molecule has 160 valence electrons. The normalized spacial score (nSPS) is 46.5. The van der Waals surface area contributed by atoms with E-state index in [9.17, 15) is 5.11 Å². The number of hydrogen-bond donors (Lipinski definition) is 1. The fourth-order valence-electron chi connectivity index (χ4n) is 8.63. The second kappa shape index (κ2) is 7.44. The van der Waals surface area contributed by atoms with Gasteiger partial charge in [-0.1, -0.05) is 65.5 Å². The summed E-state index contributed by atoms with van der Waals surface area (Å²) in [5.41, 5.74) is 1.99. The fraction of sp³-hybridized carbons (Fsp3) is 0.926. The largest absolute Gasteiger partial charge is 0.389 e. The number of allylic oxidation sites excluding steroid dienone is 2. The summed E-state index contributed by atoms with van der Waals surface area (Å²) in [6, 6.07) is 0. The third-order valence-corrected chi connectivity index (χ3v) is 10.5. The zero-order valence-electron chi connectivity index (χ0n) is 19.4. The quantitative estimate of drug-likeness (QED) is 0.484. The van der Waals surface area contributed by atoms with Gasteiger partial charge in [0.1, 0.15) is 0 Å². The number of fused-ring (bicyclic) bond motifs is 5. The van der Waals surface area contributed by atoms with Crippen LogP contribution in [-0.4, -0.2) is 10.7 Å². The average Bonchev–Trinajstić information content (AvgIpc) is 2.93. The molecular formula is C27H46O. The van der Waals surface area contributed by atoms with E-state index in [1.165, 1.54) is 70.6 Å². The van der Waals surface area contributed by atoms with Crippen LogP contribution in [0.4, 0.5) is 0 Å². The molecule has 3 fully saturated rings. The van der Waals surface area contributed by atoms with Gasteiger partial charge >= 0.3 is 0 Å². The van der Waals surface area contributed by atoms with E-state index in [2.05, 4.69) is 40.7 Å². The molecule has 1 heteroatoms. The Morgan fingerprint density at radius 1 is 1.00 bits per heavy atom. The predicted molar refractivity (Wildman–Crippen MR) is 119 cm³/mol. The third kappa shape index (κ3) is 3.05. The van der Waals surface area contributed by atoms with Crippen molar-refractivity contribution in [2.45, 2.75) is 117 Å². The van der Waals surface area contributed by atoms with E-state index in [0.717, 1.165) is 30.1 Å². The van der Waals surface area contributed by atoms with Crippen molar-refractivity contribution in [1.82, 2.24) is 0 Å². The molecule has 0 spiro atoms. The highest BCUT2D eigenvalue weighted by Gasteiger charge is 2.64. The van der Waals surface area contributed by atoms with Crippen molar-refractivity contribution in [3.05, 3.63) is 11.6 Å². The minimum Gasteiger partial charge on any atom is -0.389 e. The molecule has 0 bridgehead atoms. The van der Waals surface area contributed by atoms with Gasteiger partial charge in [-0.25, -0.2) is 0 Å². The van der Waals surface area contributed by atoms with Crippen LogP contribution in [0, 0.1) is 40.4 Å². The molecule has 0 aromatic rings. The lowest BCUT2D eigenvalue weighted by Crippen LogP contribution is -2.56. The van der Waals surface area contributed by atoms with Crippen LogP contribution in [-0.2, 0) is 0 Å². The van der Waals surface area contributed by atoms with Gasteiger partial charge in [-0.2, -0.15) is 0 Å². The number of hydrogen-bond acceptors (Lipinski definition) is 1. The Hall–Kier alpha value is -0.300. The summed E-state index contributed by atoms with van der Waals surface area (Å²) in [4.78, 5) is 0. The van der Waals surface area contributed by atoms with E-state index in [4.69, 9.17) is 0 Å². The lowest BCUT2D eigenvalue weighted by atomic mass is 9.46. The second-order valence-corrected chi connectivity index (χ2v) is 12.1. The Labute approximate surface area is 174 Å². The first kappa shape index (κ1) is 21.0. The first-order valence-electron chi connectivity index (χ1n) is 12.6. The SMILES string of the molecule is CC(C)CCCC(C)[C@@]1(O)CC[C@H]2[C@@H]3CC=C4CCCC[C@]4(C)[C@H]3CC[C@@]21C. The van der Waals surface area contributed by atoms with Gasteiger partial charge in [0, 0.05) is 0 Å².